The Morgan fingerprint density at radius 2 is 2.30 bits per heavy atom. The van der Waals surface area contributed by atoms with E-state index in [0.29, 0.717) is 10.8 Å². The van der Waals surface area contributed by atoms with Gasteiger partial charge in [0.2, 0.25) is 0 Å². The van der Waals surface area contributed by atoms with E-state index in [1.165, 1.54) is 11.3 Å². The van der Waals surface area contributed by atoms with Crippen molar-refractivity contribution in [2.75, 3.05) is 11.9 Å². The van der Waals surface area contributed by atoms with Crippen molar-refractivity contribution in [1.29, 1.82) is 0 Å². The zero-order valence-corrected chi connectivity index (χ0v) is 12.8. The molecule has 2 rings (SSSR count). The third-order valence-corrected chi connectivity index (χ3v) is 3.85. The van der Waals surface area contributed by atoms with Gasteiger partial charge in [-0.2, -0.15) is 0 Å². The second kappa shape index (κ2) is 6.67. The van der Waals surface area contributed by atoms with Crippen LogP contribution in [0.25, 0.3) is 0 Å². The topological polar surface area (TPSA) is 66.9 Å². The summed E-state index contributed by atoms with van der Waals surface area (Å²) in [5.41, 5.74) is 0.216. The number of carbonyl (C=O) groups excluding carboxylic acids is 1. The number of pyridine rings is 1. The Morgan fingerprint density at radius 3 is 2.95 bits per heavy atom. The van der Waals surface area contributed by atoms with E-state index in [9.17, 15) is 4.79 Å². The summed E-state index contributed by atoms with van der Waals surface area (Å²) in [7, 11) is 0. The first-order valence-electron chi connectivity index (χ1n) is 6.22. The highest BCUT2D eigenvalue weighted by Crippen LogP contribution is 2.19. The van der Waals surface area contributed by atoms with Gasteiger partial charge in [-0.3, -0.25) is 4.79 Å². The largest absolute Gasteiger partial charge is 0.370 e. The van der Waals surface area contributed by atoms with Crippen molar-refractivity contribution in [3.05, 3.63) is 39.4 Å². The van der Waals surface area contributed by atoms with Crippen LogP contribution in [0.4, 0.5) is 5.82 Å². The zero-order chi connectivity index (χ0) is 14.5. The van der Waals surface area contributed by atoms with Crippen molar-refractivity contribution in [3.8, 4) is 0 Å². The Morgan fingerprint density at radius 1 is 1.50 bits per heavy atom. The molecule has 2 heterocycles. The molecule has 0 aliphatic carbocycles. The highest BCUT2D eigenvalue weighted by molar-refractivity contribution is 7.09. The van der Waals surface area contributed by atoms with Crippen molar-refractivity contribution in [1.82, 2.24) is 15.3 Å². The van der Waals surface area contributed by atoms with E-state index in [1.54, 1.807) is 18.3 Å². The van der Waals surface area contributed by atoms with E-state index in [2.05, 4.69) is 20.6 Å². The van der Waals surface area contributed by atoms with Crippen LogP contribution in [-0.2, 0) is 0 Å². The number of aromatic nitrogens is 2. The summed E-state index contributed by atoms with van der Waals surface area (Å²) in [5.74, 6) is 0.321. The predicted molar refractivity (Wildman–Crippen MR) is 81.4 cm³/mol. The lowest BCUT2D eigenvalue weighted by molar-refractivity contribution is 0.0935. The van der Waals surface area contributed by atoms with Gasteiger partial charge in [-0.15, -0.1) is 11.3 Å². The molecule has 2 aromatic rings. The quantitative estimate of drug-likeness (QED) is 0.890. The number of hydrogen-bond donors (Lipinski definition) is 2. The average molecular weight is 311 g/mol. The molecule has 0 saturated carbocycles. The minimum Gasteiger partial charge on any atom is -0.370 e. The van der Waals surface area contributed by atoms with Crippen LogP contribution < -0.4 is 10.6 Å². The summed E-state index contributed by atoms with van der Waals surface area (Å²) in [6.07, 6.45) is 1.71. The van der Waals surface area contributed by atoms with Crippen molar-refractivity contribution >= 4 is 34.7 Å². The van der Waals surface area contributed by atoms with Crippen molar-refractivity contribution in [2.45, 2.75) is 19.9 Å². The molecule has 1 unspecified atom stereocenters. The number of rotatable bonds is 5. The predicted octanol–water partition coefficient (Wildman–Crippen LogP) is 3.11. The fourth-order valence-corrected chi connectivity index (χ4v) is 2.49. The summed E-state index contributed by atoms with van der Waals surface area (Å²) in [4.78, 5) is 20.6. The van der Waals surface area contributed by atoms with E-state index in [1.807, 2.05) is 19.2 Å². The molecule has 106 valence electrons. The lowest BCUT2D eigenvalue weighted by Gasteiger charge is -2.12. The molecule has 0 aliphatic heterocycles. The smallest absolute Gasteiger partial charge is 0.272 e. The number of halogens is 1. The molecule has 0 aliphatic rings. The maximum absolute atomic E-state index is 12.2. The molecule has 0 fully saturated rings. The minimum atomic E-state index is -0.308. The van der Waals surface area contributed by atoms with Crippen LogP contribution in [0, 0.1) is 0 Å². The van der Waals surface area contributed by atoms with Gasteiger partial charge in [-0.1, -0.05) is 11.6 Å². The summed E-state index contributed by atoms with van der Waals surface area (Å²) < 4.78 is 0. The van der Waals surface area contributed by atoms with Gasteiger partial charge < -0.3 is 10.6 Å². The monoisotopic (exact) mass is 310 g/mol. The van der Waals surface area contributed by atoms with Crippen LogP contribution in [0.1, 0.15) is 35.4 Å². The molecule has 5 nitrogen and oxygen atoms in total. The van der Waals surface area contributed by atoms with E-state index < -0.39 is 0 Å². The number of anilines is 1. The van der Waals surface area contributed by atoms with E-state index in [0.717, 1.165) is 11.6 Å². The molecule has 1 atom stereocenters. The average Bonchev–Trinajstić information content (AvgIpc) is 2.95. The molecular weight excluding hydrogens is 296 g/mol. The standard InChI is InChI=1S/C13H15ClN4OS/c1-3-15-10-5-4-9(14)11(18-10)12(19)17-8(2)13-16-6-7-20-13/h4-8H,3H2,1-2H3,(H,15,18)(H,17,19). The molecule has 0 spiro atoms. The second-order valence-corrected chi connectivity index (χ2v) is 5.46. The summed E-state index contributed by atoms with van der Waals surface area (Å²) >= 11 is 7.53. The molecule has 0 radical (unpaired) electrons. The molecule has 1 amide bonds. The van der Waals surface area contributed by atoms with Crippen LogP contribution in [-0.4, -0.2) is 22.4 Å². The fraction of sp³-hybridized carbons (Fsp3) is 0.308. The Balaban J connectivity index is 2.14. The second-order valence-electron chi connectivity index (χ2n) is 4.12. The van der Waals surface area contributed by atoms with Gasteiger partial charge in [0.25, 0.3) is 5.91 Å². The van der Waals surface area contributed by atoms with Crippen molar-refractivity contribution in [2.24, 2.45) is 0 Å². The van der Waals surface area contributed by atoms with Crippen LogP contribution in [0.2, 0.25) is 5.02 Å². The highest BCUT2D eigenvalue weighted by Gasteiger charge is 2.17. The first-order valence-corrected chi connectivity index (χ1v) is 7.48. The molecule has 2 N–H and O–H groups in total. The maximum atomic E-state index is 12.2. The summed E-state index contributed by atoms with van der Waals surface area (Å²) in [5, 5.41) is 8.94. The van der Waals surface area contributed by atoms with Crippen molar-refractivity contribution in [3.63, 3.8) is 0 Å². The Hall–Kier alpha value is -1.66. The molecule has 7 heteroatoms. The van der Waals surface area contributed by atoms with E-state index in [4.69, 9.17) is 11.6 Å². The van der Waals surface area contributed by atoms with Gasteiger partial charge in [0, 0.05) is 18.1 Å². The Labute approximate surface area is 126 Å². The van der Waals surface area contributed by atoms with Gasteiger partial charge in [0.1, 0.15) is 16.5 Å². The third kappa shape index (κ3) is 3.46. The van der Waals surface area contributed by atoms with Gasteiger partial charge in [0.05, 0.1) is 11.1 Å². The molecular formula is C13H15ClN4OS. The number of carbonyl (C=O) groups is 1. The zero-order valence-electron chi connectivity index (χ0n) is 11.2. The van der Waals surface area contributed by atoms with Gasteiger partial charge >= 0.3 is 0 Å². The molecule has 0 aromatic carbocycles. The molecule has 0 saturated heterocycles. The van der Waals surface area contributed by atoms with Gasteiger partial charge in [0.15, 0.2) is 0 Å². The number of hydrogen-bond acceptors (Lipinski definition) is 5. The Kier molecular flexibility index (Phi) is 4.92. The molecule has 0 bridgehead atoms. The number of amides is 1. The Bertz CT molecular complexity index is 588. The van der Waals surface area contributed by atoms with Crippen LogP contribution in [0.15, 0.2) is 23.7 Å². The normalized spacial score (nSPS) is 11.9. The fourth-order valence-electron chi connectivity index (χ4n) is 1.66. The molecule has 2 aromatic heterocycles. The lowest BCUT2D eigenvalue weighted by atomic mass is 10.3. The highest BCUT2D eigenvalue weighted by atomic mass is 35.5. The molecule has 20 heavy (non-hydrogen) atoms. The van der Waals surface area contributed by atoms with Crippen LogP contribution >= 0.6 is 22.9 Å². The SMILES string of the molecule is CCNc1ccc(Cl)c(C(=O)NC(C)c2nccs2)n1. The number of thiazole rings is 1. The number of nitrogens with one attached hydrogen (secondary N) is 2. The van der Waals surface area contributed by atoms with Crippen molar-refractivity contribution < 1.29 is 4.79 Å². The lowest BCUT2D eigenvalue weighted by Crippen LogP contribution is -2.27. The van der Waals surface area contributed by atoms with E-state index in [-0.39, 0.29) is 17.6 Å². The van der Waals surface area contributed by atoms with Gasteiger partial charge in [-0.05, 0) is 26.0 Å². The maximum Gasteiger partial charge on any atom is 0.272 e. The summed E-state index contributed by atoms with van der Waals surface area (Å²) in [6.45, 7) is 4.56. The van der Waals surface area contributed by atoms with Gasteiger partial charge in [-0.25, -0.2) is 9.97 Å². The minimum absolute atomic E-state index is 0.178. The van der Waals surface area contributed by atoms with Crippen LogP contribution in [0.5, 0.6) is 0 Å². The third-order valence-electron chi connectivity index (χ3n) is 2.59. The van der Waals surface area contributed by atoms with Crippen LogP contribution in [0.3, 0.4) is 0 Å². The first kappa shape index (κ1) is 14.7. The number of nitrogens with zero attached hydrogens (tertiary/aromatic N) is 2. The summed E-state index contributed by atoms with van der Waals surface area (Å²) in [6, 6.07) is 3.23. The first-order chi connectivity index (χ1) is 9.61. The van der Waals surface area contributed by atoms with E-state index >= 15 is 0 Å².